The molecule has 0 spiro atoms. The van der Waals surface area contributed by atoms with E-state index in [4.69, 9.17) is 17.3 Å². The molecule has 0 bridgehead atoms. The van der Waals surface area contributed by atoms with E-state index in [9.17, 15) is 14.4 Å². The molecule has 6 nitrogen and oxygen atoms in total. The summed E-state index contributed by atoms with van der Waals surface area (Å²) >= 11 is 5.19. The minimum absolute atomic E-state index is 0.291. The van der Waals surface area contributed by atoms with Gasteiger partial charge in [-0.1, -0.05) is 0 Å². The Morgan fingerprint density at radius 1 is 1.50 bits per heavy atom. The fourth-order valence-electron chi connectivity index (χ4n) is 1.15. The summed E-state index contributed by atoms with van der Waals surface area (Å²) in [5.74, 6) is -1.45. The second-order valence-electron chi connectivity index (χ2n) is 2.89. The Morgan fingerprint density at radius 2 is 2.14 bits per heavy atom. The molecule has 0 aliphatic carbocycles. The molecule has 1 fully saturated rings. The number of hydrogen-bond donors (Lipinski definition) is 2. The maximum absolute atomic E-state index is 11.2. The van der Waals surface area contributed by atoms with Gasteiger partial charge in [0.1, 0.15) is 11.9 Å². The Bertz CT molecular complexity index is 281. The topological polar surface area (TPSA) is 92.5 Å². The summed E-state index contributed by atoms with van der Waals surface area (Å²) in [4.78, 5) is 33.9. The number of carbonyl (C=O) groups is 3. The zero-order valence-corrected chi connectivity index (χ0v) is 8.08. The first-order valence-electron chi connectivity index (χ1n) is 4.02. The van der Waals surface area contributed by atoms with Gasteiger partial charge < -0.3 is 10.6 Å². The van der Waals surface area contributed by atoms with Crippen LogP contribution < -0.4 is 11.1 Å². The van der Waals surface area contributed by atoms with Gasteiger partial charge in [0.15, 0.2) is 0 Å². The van der Waals surface area contributed by atoms with Crippen molar-refractivity contribution in [2.45, 2.75) is 12.5 Å². The lowest BCUT2D eigenvalue weighted by molar-refractivity contribution is -0.126. The highest BCUT2D eigenvalue weighted by Gasteiger charge is 2.36. The van der Waals surface area contributed by atoms with E-state index in [1.165, 1.54) is 4.90 Å². The van der Waals surface area contributed by atoms with Crippen molar-refractivity contribution in [3.05, 3.63) is 0 Å². The van der Waals surface area contributed by atoms with Crippen molar-refractivity contribution in [1.82, 2.24) is 10.2 Å². The van der Waals surface area contributed by atoms with Crippen LogP contribution in [0, 0.1) is 0 Å². The van der Waals surface area contributed by atoms with Crippen LogP contribution in [0.15, 0.2) is 0 Å². The summed E-state index contributed by atoms with van der Waals surface area (Å²) in [5, 5.41) is 2.02. The van der Waals surface area contributed by atoms with E-state index in [1.807, 2.05) is 5.32 Å². The predicted molar refractivity (Wildman–Crippen MR) is 48.6 cm³/mol. The van der Waals surface area contributed by atoms with E-state index in [0.29, 0.717) is 13.0 Å². The highest BCUT2D eigenvalue weighted by molar-refractivity contribution is 6.28. The van der Waals surface area contributed by atoms with Crippen molar-refractivity contribution in [2.24, 2.45) is 5.73 Å². The summed E-state index contributed by atoms with van der Waals surface area (Å²) in [6.07, 6.45) is 0.540. The van der Waals surface area contributed by atoms with Gasteiger partial charge in [0.25, 0.3) is 0 Å². The molecule has 1 rings (SSSR count). The van der Waals surface area contributed by atoms with Crippen LogP contribution in [0.5, 0.6) is 0 Å². The van der Waals surface area contributed by atoms with Crippen molar-refractivity contribution in [3.8, 4) is 0 Å². The molecule has 0 aromatic carbocycles. The van der Waals surface area contributed by atoms with Crippen LogP contribution in [0.3, 0.4) is 0 Å². The number of urea groups is 1. The van der Waals surface area contributed by atoms with E-state index in [0.717, 1.165) is 0 Å². The number of amides is 4. The van der Waals surface area contributed by atoms with Crippen molar-refractivity contribution in [3.63, 3.8) is 0 Å². The standard InChI is InChI=1S/C7H10ClN3O3/c8-3-5(12)10-7(14)11-2-1-4(11)6(9)13/h4H,1-3H2,(H2,9,13)(H,10,12,14). The number of imide groups is 1. The molecule has 0 aromatic rings. The van der Waals surface area contributed by atoms with E-state index in [-0.39, 0.29) is 5.88 Å². The molecule has 1 heterocycles. The minimum atomic E-state index is -0.620. The first-order valence-corrected chi connectivity index (χ1v) is 4.55. The number of nitrogens with two attached hydrogens (primary N) is 1. The second kappa shape index (κ2) is 4.28. The third kappa shape index (κ3) is 2.14. The molecular weight excluding hydrogens is 210 g/mol. The molecule has 0 radical (unpaired) electrons. The molecule has 0 saturated carbocycles. The van der Waals surface area contributed by atoms with Gasteiger partial charge in [-0.15, -0.1) is 11.6 Å². The molecule has 1 aliphatic rings. The quantitative estimate of drug-likeness (QED) is 0.585. The largest absolute Gasteiger partial charge is 0.368 e. The Labute approximate surface area is 85.4 Å². The third-order valence-corrected chi connectivity index (χ3v) is 2.22. The first kappa shape index (κ1) is 10.8. The summed E-state index contributed by atoms with van der Waals surface area (Å²) < 4.78 is 0. The Morgan fingerprint density at radius 3 is 2.50 bits per heavy atom. The van der Waals surface area contributed by atoms with Gasteiger partial charge >= 0.3 is 6.03 Å². The zero-order chi connectivity index (χ0) is 10.7. The molecule has 3 N–H and O–H groups in total. The van der Waals surface area contributed by atoms with E-state index < -0.39 is 23.9 Å². The summed E-state index contributed by atoms with van der Waals surface area (Å²) in [7, 11) is 0. The molecule has 1 saturated heterocycles. The average molecular weight is 220 g/mol. The van der Waals surface area contributed by atoms with Crippen molar-refractivity contribution < 1.29 is 14.4 Å². The van der Waals surface area contributed by atoms with Crippen LogP contribution in [-0.2, 0) is 9.59 Å². The summed E-state index contributed by atoms with van der Waals surface area (Å²) in [6.45, 7) is 0.426. The molecule has 78 valence electrons. The molecule has 4 amide bonds. The van der Waals surface area contributed by atoms with Gasteiger partial charge in [0.2, 0.25) is 11.8 Å². The highest BCUT2D eigenvalue weighted by atomic mass is 35.5. The van der Waals surface area contributed by atoms with E-state index >= 15 is 0 Å². The number of nitrogens with one attached hydrogen (secondary N) is 1. The van der Waals surface area contributed by atoms with Crippen molar-refractivity contribution >= 4 is 29.4 Å². The number of alkyl halides is 1. The van der Waals surface area contributed by atoms with E-state index in [2.05, 4.69) is 0 Å². The smallest absolute Gasteiger partial charge is 0.324 e. The number of hydrogen-bond acceptors (Lipinski definition) is 3. The highest BCUT2D eigenvalue weighted by Crippen LogP contribution is 2.16. The summed E-state index contributed by atoms with van der Waals surface area (Å²) in [6, 6.07) is -1.22. The average Bonchev–Trinajstić information content (AvgIpc) is 2.00. The fourth-order valence-corrected chi connectivity index (χ4v) is 1.22. The number of likely N-dealkylation sites (tertiary alicyclic amines) is 1. The van der Waals surface area contributed by atoms with Crippen LogP contribution in [0.2, 0.25) is 0 Å². The maximum atomic E-state index is 11.2. The maximum Gasteiger partial charge on any atom is 0.324 e. The van der Waals surface area contributed by atoms with Gasteiger partial charge in [0.05, 0.1) is 0 Å². The zero-order valence-electron chi connectivity index (χ0n) is 7.33. The molecule has 7 heteroatoms. The third-order valence-electron chi connectivity index (χ3n) is 1.98. The minimum Gasteiger partial charge on any atom is -0.368 e. The normalized spacial score (nSPS) is 19.8. The Hall–Kier alpha value is -1.30. The van der Waals surface area contributed by atoms with E-state index in [1.54, 1.807) is 0 Å². The number of halogens is 1. The lowest BCUT2D eigenvalue weighted by Crippen LogP contribution is -2.60. The number of carbonyl (C=O) groups excluding carboxylic acids is 3. The Balaban J connectivity index is 2.46. The van der Waals surface area contributed by atoms with Crippen molar-refractivity contribution in [2.75, 3.05) is 12.4 Å². The van der Waals surface area contributed by atoms with Gasteiger partial charge in [-0.25, -0.2) is 4.79 Å². The fraction of sp³-hybridized carbons (Fsp3) is 0.571. The number of nitrogens with zero attached hydrogens (tertiary/aromatic N) is 1. The van der Waals surface area contributed by atoms with Crippen LogP contribution in [0.4, 0.5) is 4.79 Å². The molecule has 1 unspecified atom stereocenters. The van der Waals surface area contributed by atoms with Crippen LogP contribution >= 0.6 is 11.6 Å². The monoisotopic (exact) mass is 219 g/mol. The molecular formula is C7H10ClN3O3. The van der Waals surface area contributed by atoms with Gasteiger partial charge in [0, 0.05) is 6.54 Å². The SMILES string of the molecule is NC(=O)C1CCN1C(=O)NC(=O)CCl. The van der Waals surface area contributed by atoms with Crippen molar-refractivity contribution in [1.29, 1.82) is 0 Å². The van der Waals surface area contributed by atoms with Gasteiger partial charge in [-0.3, -0.25) is 14.9 Å². The molecule has 14 heavy (non-hydrogen) atoms. The molecule has 1 atom stereocenters. The number of rotatable bonds is 2. The van der Waals surface area contributed by atoms with Gasteiger partial charge in [-0.05, 0) is 6.42 Å². The number of primary amides is 1. The predicted octanol–water partition coefficient (Wildman–Crippen LogP) is -0.979. The molecule has 0 aromatic heterocycles. The Kier molecular flexibility index (Phi) is 3.29. The molecule has 1 aliphatic heterocycles. The van der Waals surface area contributed by atoms with Gasteiger partial charge in [-0.2, -0.15) is 0 Å². The van der Waals surface area contributed by atoms with Crippen LogP contribution in [-0.4, -0.2) is 41.2 Å². The first-order chi connectivity index (χ1) is 6.56. The lowest BCUT2D eigenvalue weighted by atomic mass is 10.0. The van der Waals surface area contributed by atoms with Crippen LogP contribution in [0.1, 0.15) is 6.42 Å². The summed E-state index contributed by atoms with van der Waals surface area (Å²) in [5.41, 5.74) is 5.02. The van der Waals surface area contributed by atoms with Crippen LogP contribution in [0.25, 0.3) is 0 Å². The second-order valence-corrected chi connectivity index (χ2v) is 3.15. The lowest BCUT2D eigenvalue weighted by Gasteiger charge is -2.38.